The highest BCUT2D eigenvalue weighted by molar-refractivity contribution is 4.89. The molecular weight excluding hydrogens is 172 g/mol. The first-order chi connectivity index (χ1) is 6.44. The second-order valence-electron chi connectivity index (χ2n) is 5.46. The van der Waals surface area contributed by atoms with Gasteiger partial charge in [-0.1, -0.05) is 6.92 Å². The van der Waals surface area contributed by atoms with Crippen molar-refractivity contribution in [1.29, 1.82) is 0 Å². The molecule has 1 fully saturated rings. The number of hydrogen-bond donors (Lipinski definition) is 1. The molecule has 0 bridgehead atoms. The predicted molar refractivity (Wildman–Crippen MR) is 62.3 cm³/mol. The van der Waals surface area contributed by atoms with E-state index in [-0.39, 0.29) is 0 Å². The van der Waals surface area contributed by atoms with Crippen LogP contribution in [0.4, 0.5) is 0 Å². The molecule has 1 aliphatic rings. The Morgan fingerprint density at radius 3 is 2.14 bits per heavy atom. The van der Waals surface area contributed by atoms with E-state index < -0.39 is 0 Å². The van der Waals surface area contributed by atoms with Gasteiger partial charge in [0.1, 0.15) is 0 Å². The SMILES string of the molecule is CC(N)CC(C)C(C)(C)N1CCCC1. The van der Waals surface area contributed by atoms with Crippen LogP contribution in [0.15, 0.2) is 0 Å². The maximum atomic E-state index is 5.87. The molecule has 0 aliphatic carbocycles. The van der Waals surface area contributed by atoms with Crippen molar-refractivity contribution in [3.63, 3.8) is 0 Å². The molecule has 0 aromatic carbocycles. The van der Waals surface area contributed by atoms with Gasteiger partial charge in [-0.3, -0.25) is 4.90 Å². The maximum absolute atomic E-state index is 5.87. The molecule has 0 aromatic rings. The number of rotatable bonds is 4. The van der Waals surface area contributed by atoms with Gasteiger partial charge in [0.05, 0.1) is 0 Å². The first kappa shape index (κ1) is 12.0. The largest absolute Gasteiger partial charge is 0.328 e. The van der Waals surface area contributed by atoms with Crippen molar-refractivity contribution in [2.75, 3.05) is 13.1 Å². The van der Waals surface area contributed by atoms with Crippen molar-refractivity contribution >= 4 is 0 Å². The highest BCUT2D eigenvalue weighted by Crippen LogP contribution is 2.30. The van der Waals surface area contributed by atoms with E-state index in [4.69, 9.17) is 5.73 Å². The maximum Gasteiger partial charge on any atom is 0.0179 e. The molecule has 0 amide bonds. The van der Waals surface area contributed by atoms with Gasteiger partial charge < -0.3 is 5.73 Å². The molecule has 1 aliphatic heterocycles. The molecule has 2 atom stereocenters. The molecule has 0 saturated carbocycles. The van der Waals surface area contributed by atoms with Gasteiger partial charge in [-0.15, -0.1) is 0 Å². The molecule has 2 heteroatoms. The van der Waals surface area contributed by atoms with Crippen LogP contribution in [-0.2, 0) is 0 Å². The van der Waals surface area contributed by atoms with Crippen LogP contribution in [0.2, 0.25) is 0 Å². The summed E-state index contributed by atoms with van der Waals surface area (Å²) in [6.07, 6.45) is 3.87. The Kier molecular flexibility index (Phi) is 3.96. The number of nitrogens with two attached hydrogens (primary N) is 1. The van der Waals surface area contributed by atoms with Crippen LogP contribution >= 0.6 is 0 Å². The minimum absolute atomic E-state index is 0.324. The van der Waals surface area contributed by atoms with E-state index in [0.717, 1.165) is 6.42 Å². The first-order valence-corrected chi connectivity index (χ1v) is 5.95. The number of hydrogen-bond acceptors (Lipinski definition) is 2. The third-order valence-electron chi connectivity index (χ3n) is 3.85. The summed E-state index contributed by atoms with van der Waals surface area (Å²) in [5.74, 6) is 0.681. The first-order valence-electron chi connectivity index (χ1n) is 5.95. The summed E-state index contributed by atoms with van der Waals surface area (Å²) in [6.45, 7) is 11.7. The average Bonchev–Trinajstić information content (AvgIpc) is 2.54. The smallest absolute Gasteiger partial charge is 0.0179 e. The van der Waals surface area contributed by atoms with Gasteiger partial charge in [0, 0.05) is 11.6 Å². The lowest BCUT2D eigenvalue weighted by Gasteiger charge is -2.41. The Hall–Kier alpha value is -0.0800. The molecule has 2 unspecified atom stereocenters. The molecule has 0 spiro atoms. The molecule has 2 nitrogen and oxygen atoms in total. The van der Waals surface area contributed by atoms with Crippen molar-refractivity contribution in [2.45, 2.75) is 58.5 Å². The van der Waals surface area contributed by atoms with Gasteiger partial charge in [0.25, 0.3) is 0 Å². The predicted octanol–water partition coefficient (Wildman–Crippen LogP) is 2.23. The summed E-state index contributed by atoms with van der Waals surface area (Å²) < 4.78 is 0. The van der Waals surface area contributed by atoms with Gasteiger partial charge >= 0.3 is 0 Å². The molecule has 1 rings (SSSR count). The minimum Gasteiger partial charge on any atom is -0.328 e. The third kappa shape index (κ3) is 2.71. The van der Waals surface area contributed by atoms with Gasteiger partial charge in [0.15, 0.2) is 0 Å². The lowest BCUT2D eigenvalue weighted by Crippen LogP contribution is -2.48. The van der Waals surface area contributed by atoms with E-state index in [2.05, 4.69) is 32.6 Å². The van der Waals surface area contributed by atoms with Gasteiger partial charge in [-0.25, -0.2) is 0 Å². The van der Waals surface area contributed by atoms with Crippen LogP contribution < -0.4 is 5.73 Å². The Labute approximate surface area is 88.8 Å². The van der Waals surface area contributed by atoms with E-state index >= 15 is 0 Å². The Balaban J connectivity index is 2.53. The van der Waals surface area contributed by atoms with Crippen molar-refractivity contribution in [1.82, 2.24) is 4.90 Å². The normalized spacial score (nSPS) is 23.8. The standard InChI is InChI=1S/C12H26N2/c1-10(9-11(2)13)12(3,4)14-7-5-6-8-14/h10-11H,5-9,13H2,1-4H3. The van der Waals surface area contributed by atoms with Crippen LogP contribution in [0.5, 0.6) is 0 Å². The van der Waals surface area contributed by atoms with E-state index in [1.165, 1.54) is 25.9 Å². The van der Waals surface area contributed by atoms with Gasteiger partial charge in [-0.2, -0.15) is 0 Å². The van der Waals surface area contributed by atoms with Crippen LogP contribution in [-0.4, -0.2) is 29.6 Å². The van der Waals surface area contributed by atoms with Crippen molar-refractivity contribution in [3.8, 4) is 0 Å². The van der Waals surface area contributed by atoms with E-state index in [1.807, 2.05) is 0 Å². The molecule has 0 radical (unpaired) electrons. The van der Waals surface area contributed by atoms with Crippen molar-refractivity contribution < 1.29 is 0 Å². The zero-order valence-electron chi connectivity index (χ0n) is 10.2. The summed E-state index contributed by atoms with van der Waals surface area (Å²) in [4.78, 5) is 2.63. The van der Waals surface area contributed by atoms with E-state index in [0.29, 0.717) is 17.5 Å². The highest BCUT2D eigenvalue weighted by atomic mass is 15.2. The monoisotopic (exact) mass is 198 g/mol. The van der Waals surface area contributed by atoms with Gasteiger partial charge in [0.2, 0.25) is 0 Å². The number of likely N-dealkylation sites (tertiary alicyclic amines) is 1. The topological polar surface area (TPSA) is 29.3 Å². The fourth-order valence-corrected chi connectivity index (χ4v) is 2.45. The Morgan fingerprint density at radius 1 is 1.21 bits per heavy atom. The van der Waals surface area contributed by atoms with E-state index in [9.17, 15) is 0 Å². The van der Waals surface area contributed by atoms with Crippen molar-refractivity contribution in [3.05, 3.63) is 0 Å². The second kappa shape index (κ2) is 4.63. The second-order valence-corrected chi connectivity index (χ2v) is 5.46. The molecule has 1 heterocycles. The molecule has 1 saturated heterocycles. The molecule has 0 aromatic heterocycles. The zero-order chi connectivity index (χ0) is 10.8. The summed E-state index contributed by atoms with van der Waals surface area (Å²) in [7, 11) is 0. The van der Waals surface area contributed by atoms with Crippen LogP contribution in [0.25, 0.3) is 0 Å². The summed E-state index contributed by atoms with van der Waals surface area (Å²) >= 11 is 0. The Morgan fingerprint density at radius 2 is 1.71 bits per heavy atom. The fraction of sp³-hybridized carbons (Fsp3) is 1.00. The molecule has 2 N–H and O–H groups in total. The summed E-state index contributed by atoms with van der Waals surface area (Å²) in [5.41, 5.74) is 6.19. The fourth-order valence-electron chi connectivity index (χ4n) is 2.45. The minimum atomic E-state index is 0.324. The Bertz CT molecular complexity index is 169. The lowest BCUT2D eigenvalue weighted by molar-refractivity contribution is 0.0878. The zero-order valence-corrected chi connectivity index (χ0v) is 10.2. The average molecular weight is 198 g/mol. The quantitative estimate of drug-likeness (QED) is 0.750. The van der Waals surface area contributed by atoms with Crippen LogP contribution in [0.3, 0.4) is 0 Å². The van der Waals surface area contributed by atoms with Crippen LogP contribution in [0.1, 0.15) is 47.0 Å². The molecule has 84 valence electrons. The molecular formula is C12H26N2. The highest BCUT2D eigenvalue weighted by Gasteiger charge is 2.34. The summed E-state index contributed by atoms with van der Waals surface area (Å²) in [5, 5.41) is 0. The number of nitrogens with zero attached hydrogens (tertiary/aromatic N) is 1. The summed E-state index contributed by atoms with van der Waals surface area (Å²) in [6, 6.07) is 0.326. The van der Waals surface area contributed by atoms with E-state index in [1.54, 1.807) is 0 Å². The van der Waals surface area contributed by atoms with Gasteiger partial charge in [-0.05, 0) is 59.0 Å². The third-order valence-corrected chi connectivity index (χ3v) is 3.85. The van der Waals surface area contributed by atoms with Crippen molar-refractivity contribution in [2.24, 2.45) is 11.7 Å². The lowest BCUT2D eigenvalue weighted by atomic mass is 9.83. The molecule has 14 heavy (non-hydrogen) atoms. The van der Waals surface area contributed by atoms with Crippen LogP contribution in [0, 0.1) is 5.92 Å².